The van der Waals surface area contributed by atoms with Gasteiger partial charge >= 0.3 is 0 Å². The van der Waals surface area contributed by atoms with Crippen LogP contribution in [-0.4, -0.2) is 19.7 Å². The molecule has 0 aliphatic carbocycles. The largest absolute Gasteiger partial charge is 0.265 e. The van der Waals surface area contributed by atoms with Gasteiger partial charge in [-0.2, -0.15) is 5.10 Å². The molecule has 1 aromatic carbocycles. The van der Waals surface area contributed by atoms with E-state index < -0.39 is 0 Å². The molecule has 0 spiro atoms. The quantitative estimate of drug-likeness (QED) is 0.689. The van der Waals surface area contributed by atoms with Crippen molar-refractivity contribution in [2.75, 3.05) is 0 Å². The number of benzene rings is 1. The number of aromatic nitrogens is 4. The molecule has 0 saturated carbocycles. The predicted octanol–water partition coefficient (Wildman–Crippen LogP) is 2.49. The highest BCUT2D eigenvalue weighted by molar-refractivity contribution is 5.80. The van der Waals surface area contributed by atoms with Crippen molar-refractivity contribution in [1.29, 1.82) is 0 Å². The van der Waals surface area contributed by atoms with E-state index in [2.05, 4.69) is 15.1 Å². The van der Waals surface area contributed by atoms with Gasteiger partial charge in [0.1, 0.15) is 6.54 Å². The van der Waals surface area contributed by atoms with Gasteiger partial charge in [-0.1, -0.05) is 18.2 Å². The van der Waals surface area contributed by atoms with Crippen LogP contribution in [0, 0.1) is 13.8 Å². The topological polar surface area (TPSA) is 43.6 Å². The van der Waals surface area contributed by atoms with E-state index in [1.165, 1.54) is 0 Å². The second-order valence-corrected chi connectivity index (χ2v) is 4.46. The van der Waals surface area contributed by atoms with Gasteiger partial charge in [0, 0.05) is 17.3 Å². The molecule has 4 heteroatoms. The Kier molecular flexibility index (Phi) is 2.55. The van der Waals surface area contributed by atoms with Crippen molar-refractivity contribution in [1.82, 2.24) is 19.7 Å². The van der Waals surface area contributed by atoms with E-state index in [1.54, 1.807) is 0 Å². The summed E-state index contributed by atoms with van der Waals surface area (Å²) in [5.74, 6) is 0.800. The molecule has 0 aliphatic rings. The first kappa shape index (κ1) is 10.9. The second kappa shape index (κ2) is 4.22. The Bertz CT molecular complexity index is 700. The van der Waals surface area contributed by atoms with Crippen LogP contribution in [-0.2, 0) is 6.54 Å². The minimum atomic E-state index is 0.611. The van der Waals surface area contributed by atoms with Gasteiger partial charge in [0.05, 0.1) is 11.7 Å². The van der Waals surface area contributed by atoms with Crippen LogP contribution in [0.1, 0.15) is 17.1 Å². The third-order valence-corrected chi connectivity index (χ3v) is 2.91. The van der Waals surface area contributed by atoms with Gasteiger partial charge in [-0.3, -0.25) is 4.68 Å². The van der Waals surface area contributed by atoms with Crippen LogP contribution in [0.2, 0.25) is 0 Å². The summed E-state index contributed by atoms with van der Waals surface area (Å²) in [7, 11) is 0. The summed E-state index contributed by atoms with van der Waals surface area (Å²) in [4.78, 5) is 9.10. The fourth-order valence-corrected chi connectivity index (χ4v) is 2.06. The second-order valence-electron chi connectivity index (χ2n) is 4.46. The lowest BCUT2D eigenvalue weighted by molar-refractivity contribution is 0.656. The Morgan fingerprint density at radius 1 is 1.11 bits per heavy atom. The molecule has 3 rings (SSSR count). The summed E-state index contributed by atoms with van der Waals surface area (Å²) in [5.41, 5.74) is 3.15. The summed E-state index contributed by atoms with van der Waals surface area (Å²) in [6, 6.07) is 8.07. The molecule has 90 valence electrons. The zero-order chi connectivity index (χ0) is 12.5. The molecule has 0 radical (unpaired) electrons. The summed E-state index contributed by atoms with van der Waals surface area (Å²) < 4.78 is 1.86. The summed E-state index contributed by atoms with van der Waals surface area (Å²) in [5, 5.41) is 5.37. The van der Waals surface area contributed by atoms with Crippen LogP contribution in [0.3, 0.4) is 0 Å². The Hall–Kier alpha value is -2.23. The Labute approximate surface area is 105 Å². The maximum Gasteiger partial charge on any atom is 0.150 e. The molecule has 0 saturated heterocycles. The molecular weight excluding hydrogens is 224 g/mol. The van der Waals surface area contributed by atoms with E-state index in [4.69, 9.17) is 0 Å². The van der Waals surface area contributed by atoms with Crippen LogP contribution in [0.5, 0.6) is 0 Å². The normalized spacial score (nSPS) is 11.0. The Balaban J connectivity index is 2.02. The van der Waals surface area contributed by atoms with E-state index in [9.17, 15) is 0 Å². The first-order valence-corrected chi connectivity index (χ1v) is 5.94. The highest BCUT2D eigenvalue weighted by Gasteiger charge is 2.05. The zero-order valence-corrected chi connectivity index (χ0v) is 10.5. The van der Waals surface area contributed by atoms with Gasteiger partial charge in [0.25, 0.3) is 0 Å². The highest BCUT2D eigenvalue weighted by atomic mass is 15.3. The number of aryl methyl sites for hydroxylation is 2. The highest BCUT2D eigenvalue weighted by Crippen LogP contribution is 2.14. The van der Waals surface area contributed by atoms with Gasteiger partial charge in [0.2, 0.25) is 0 Å². The average Bonchev–Trinajstić information content (AvgIpc) is 2.75. The van der Waals surface area contributed by atoms with E-state index >= 15 is 0 Å². The van der Waals surface area contributed by atoms with Crippen molar-refractivity contribution >= 4 is 10.9 Å². The van der Waals surface area contributed by atoms with E-state index in [1.807, 2.05) is 55.2 Å². The fraction of sp³-hybridized carbons (Fsp3) is 0.214. The molecule has 3 aromatic rings. The molecule has 0 fully saturated rings. The fourth-order valence-electron chi connectivity index (χ4n) is 2.06. The molecule has 0 atom stereocenters. The molecular formula is C14H14N4. The molecule has 0 N–H and O–H groups in total. The van der Waals surface area contributed by atoms with Gasteiger partial charge in [0.15, 0.2) is 5.82 Å². The predicted molar refractivity (Wildman–Crippen MR) is 70.3 cm³/mol. The molecule has 2 heterocycles. The van der Waals surface area contributed by atoms with Gasteiger partial charge < -0.3 is 0 Å². The number of nitrogens with zero attached hydrogens (tertiary/aromatic N) is 4. The van der Waals surface area contributed by atoms with Crippen LogP contribution in [0.4, 0.5) is 0 Å². The monoisotopic (exact) mass is 238 g/mol. The molecule has 4 nitrogen and oxygen atoms in total. The Morgan fingerprint density at radius 3 is 2.72 bits per heavy atom. The van der Waals surface area contributed by atoms with Crippen molar-refractivity contribution in [3.8, 4) is 0 Å². The Morgan fingerprint density at radius 2 is 1.94 bits per heavy atom. The summed E-state index contributed by atoms with van der Waals surface area (Å²) >= 11 is 0. The lowest BCUT2D eigenvalue weighted by Crippen LogP contribution is -2.06. The molecule has 0 bridgehead atoms. The number of fused-ring (bicyclic) bond motifs is 1. The van der Waals surface area contributed by atoms with Gasteiger partial charge in [-0.05, 0) is 25.5 Å². The third kappa shape index (κ3) is 1.97. The smallest absolute Gasteiger partial charge is 0.150 e. The zero-order valence-electron chi connectivity index (χ0n) is 10.5. The standard InChI is InChI=1S/C14H14N4/c1-10-7-15-18(8-10)9-14-16-11(2)12-5-3-4-6-13(12)17-14/h3-8H,9H2,1-2H3. The van der Waals surface area contributed by atoms with Crippen molar-refractivity contribution < 1.29 is 0 Å². The third-order valence-electron chi connectivity index (χ3n) is 2.91. The van der Waals surface area contributed by atoms with Crippen LogP contribution in [0.15, 0.2) is 36.7 Å². The van der Waals surface area contributed by atoms with Crippen LogP contribution >= 0.6 is 0 Å². The number of para-hydroxylation sites is 1. The van der Waals surface area contributed by atoms with E-state index in [-0.39, 0.29) is 0 Å². The average molecular weight is 238 g/mol. The number of rotatable bonds is 2. The minimum absolute atomic E-state index is 0.611. The van der Waals surface area contributed by atoms with E-state index in [0.29, 0.717) is 6.54 Å². The van der Waals surface area contributed by atoms with Crippen LogP contribution in [0.25, 0.3) is 10.9 Å². The van der Waals surface area contributed by atoms with E-state index in [0.717, 1.165) is 28.0 Å². The summed E-state index contributed by atoms with van der Waals surface area (Å²) in [6.07, 6.45) is 3.84. The number of hydrogen-bond acceptors (Lipinski definition) is 3. The first-order chi connectivity index (χ1) is 8.72. The lowest BCUT2D eigenvalue weighted by atomic mass is 10.2. The number of hydrogen-bond donors (Lipinski definition) is 0. The van der Waals surface area contributed by atoms with Gasteiger partial charge in [-0.15, -0.1) is 0 Å². The van der Waals surface area contributed by atoms with Gasteiger partial charge in [-0.25, -0.2) is 9.97 Å². The minimum Gasteiger partial charge on any atom is -0.265 e. The van der Waals surface area contributed by atoms with Crippen LogP contribution < -0.4 is 0 Å². The maximum absolute atomic E-state index is 4.57. The molecule has 0 unspecified atom stereocenters. The molecule has 0 aliphatic heterocycles. The van der Waals surface area contributed by atoms with Crippen molar-refractivity contribution in [2.45, 2.75) is 20.4 Å². The molecule has 2 aromatic heterocycles. The van der Waals surface area contributed by atoms with Crippen molar-refractivity contribution in [3.05, 3.63) is 53.7 Å². The summed E-state index contributed by atoms with van der Waals surface area (Å²) in [6.45, 7) is 4.65. The van der Waals surface area contributed by atoms with Crippen molar-refractivity contribution in [3.63, 3.8) is 0 Å². The van der Waals surface area contributed by atoms with Crippen molar-refractivity contribution in [2.24, 2.45) is 0 Å². The molecule has 18 heavy (non-hydrogen) atoms. The maximum atomic E-state index is 4.57. The lowest BCUT2D eigenvalue weighted by Gasteiger charge is -2.05. The SMILES string of the molecule is Cc1cnn(Cc2nc(C)c3ccccc3n2)c1. The molecule has 0 amide bonds. The first-order valence-electron chi connectivity index (χ1n) is 5.94.